The average Bonchev–Trinajstić information content (AvgIpc) is 2.25. The smallest absolute Gasteiger partial charge is 0.224 e. The second-order valence-corrected chi connectivity index (χ2v) is 5.43. The maximum Gasteiger partial charge on any atom is 0.224 e. The summed E-state index contributed by atoms with van der Waals surface area (Å²) in [6, 6.07) is 3.99. The lowest BCUT2D eigenvalue weighted by atomic mass is 9.85. The molecular formula is C14H24N2O. The number of hydrogen-bond acceptors (Lipinski definition) is 2. The van der Waals surface area contributed by atoms with Gasteiger partial charge in [0, 0.05) is 19.9 Å². The van der Waals surface area contributed by atoms with Crippen molar-refractivity contribution in [1.82, 2.24) is 10.3 Å². The number of carbonyl (C=O) groups is 1. The number of pyridine rings is 1. The van der Waals surface area contributed by atoms with Crippen LogP contribution in [0.5, 0.6) is 0 Å². The van der Waals surface area contributed by atoms with Crippen LogP contribution >= 0.6 is 0 Å². The Morgan fingerprint density at radius 1 is 1.53 bits per heavy atom. The van der Waals surface area contributed by atoms with Gasteiger partial charge in [-0.1, -0.05) is 33.8 Å². The second kappa shape index (κ2) is 5.80. The fraction of sp³-hybridized carbons (Fsp3) is 0.571. The third-order valence-corrected chi connectivity index (χ3v) is 2.88. The highest BCUT2D eigenvalue weighted by Gasteiger charge is 2.24. The maximum atomic E-state index is 11.9. The fourth-order valence-corrected chi connectivity index (χ4v) is 1.86. The van der Waals surface area contributed by atoms with Gasteiger partial charge in [0.15, 0.2) is 0 Å². The molecule has 1 aromatic heterocycles. The molecule has 3 nitrogen and oxygen atoms in total. The lowest BCUT2D eigenvalue weighted by Gasteiger charge is -2.30. The second-order valence-electron chi connectivity index (χ2n) is 5.43. The van der Waals surface area contributed by atoms with Crippen LogP contribution in [0, 0.1) is 5.41 Å². The number of rotatable bonds is 4. The first-order valence-corrected chi connectivity index (χ1v) is 6.11. The van der Waals surface area contributed by atoms with Crippen LogP contribution in [-0.4, -0.2) is 16.9 Å². The Morgan fingerprint density at radius 2 is 2.24 bits per heavy atom. The molecule has 1 aromatic rings. The van der Waals surface area contributed by atoms with Gasteiger partial charge in [0.05, 0.1) is 6.42 Å². The van der Waals surface area contributed by atoms with Gasteiger partial charge in [0.2, 0.25) is 5.91 Å². The van der Waals surface area contributed by atoms with Crippen LogP contribution in [0.15, 0.2) is 24.5 Å². The van der Waals surface area contributed by atoms with E-state index >= 15 is 0 Å². The summed E-state index contributed by atoms with van der Waals surface area (Å²) in [7, 11) is 0. The summed E-state index contributed by atoms with van der Waals surface area (Å²) >= 11 is 0. The van der Waals surface area contributed by atoms with E-state index in [1.165, 1.54) is 0 Å². The molecule has 0 aliphatic heterocycles. The van der Waals surface area contributed by atoms with Crippen LogP contribution in [-0.2, 0) is 11.2 Å². The monoisotopic (exact) mass is 236 g/mol. The fourth-order valence-electron chi connectivity index (χ4n) is 1.86. The van der Waals surface area contributed by atoms with Gasteiger partial charge in [-0.25, -0.2) is 0 Å². The number of carbonyl (C=O) groups excluding carboxylic acids is 1. The molecule has 96 valence electrons. The number of hydrogen-bond donors (Lipinski definition) is 1. The molecule has 17 heavy (non-hydrogen) atoms. The van der Waals surface area contributed by atoms with Crippen LogP contribution in [0.3, 0.4) is 0 Å². The van der Waals surface area contributed by atoms with Crippen molar-refractivity contribution in [3.63, 3.8) is 0 Å². The lowest BCUT2D eigenvalue weighted by Crippen LogP contribution is -2.43. The van der Waals surface area contributed by atoms with Gasteiger partial charge < -0.3 is 5.32 Å². The zero-order valence-electron chi connectivity index (χ0n) is 11.2. The highest BCUT2D eigenvalue weighted by molar-refractivity contribution is 5.78. The Bertz CT molecular complexity index is 360. The standard InChI is InChI=1S/C14H22N2O.H2/c1-5-12(14(2,3)4)16-13(17)9-11-7-6-8-15-10-11;/h6-8,10,12H,5,9H2,1-4H3,(H,16,17);1H/t12-;/m1./s1. The summed E-state index contributed by atoms with van der Waals surface area (Å²) in [5.74, 6) is 0.0692. The molecule has 0 saturated heterocycles. The van der Waals surface area contributed by atoms with Crippen molar-refractivity contribution < 1.29 is 6.22 Å². The normalized spacial score (nSPS) is 13.2. The molecule has 0 bridgehead atoms. The molecular weight excluding hydrogens is 212 g/mol. The SMILES string of the molecule is CC[C@@H](NC(=O)Cc1cccnc1)C(C)(C)C.[HH]. The number of aromatic nitrogens is 1. The molecule has 0 aliphatic rings. The van der Waals surface area contributed by atoms with Crippen molar-refractivity contribution in [3.8, 4) is 0 Å². The Morgan fingerprint density at radius 3 is 2.71 bits per heavy atom. The minimum atomic E-state index is 0. The van der Waals surface area contributed by atoms with Crippen molar-refractivity contribution in [2.45, 2.75) is 46.6 Å². The van der Waals surface area contributed by atoms with E-state index in [9.17, 15) is 4.79 Å². The van der Waals surface area contributed by atoms with E-state index in [1.807, 2.05) is 12.1 Å². The number of nitrogens with one attached hydrogen (secondary N) is 1. The summed E-state index contributed by atoms with van der Waals surface area (Å²) in [5.41, 5.74) is 1.05. The Kier molecular flexibility index (Phi) is 4.67. The van der Waals surface area contributed by atoms with Gasteiger partial charge >= 0.3 is 0 Å². The van der Waals surface area contributed by atoms with E-state index in [4.69, 9.17) is 0 Å². The first-order chi connectivity index (χ1) is 7.93. The third kappa shape index (κ3) is 4.55. The van der Waals surface area contributed by atoms with E-state index in [-0.39, 0.29) is 18.8 Å². The van der Waals surface area contributed by atoms with Gasteiger partial charge in [0.25, 0.3) is 0 Å². The van der Waals surface area contributed by atoms with Crippen LogP contribution in [0.2, 0.25) is 0 Å². The van der Waals surface area contributed by atoms with E-state index < -0.39 is 0 Å². The third-order valence-electron chi connectivity index (χ3n) is 2.88. The van der Waals surface area contributed by atoms with Crippen LogP contribution in [0.4, 0.5) is 0 Å². The molecule has 1 N–H and O–H groups in total. The summed E-state index contributed by atoms with van der Waals surface area (Å²) in [5, 5.41) is 3.09. The van der Waals surface area contributed by atoms with Crippen molar-refractivity contribution in [1.29, 1.82) is 0 Å². The van der Waals surface area contributed by atoms with Gasteiger partial charge in [0.1, 0.15) is 0 Å². The minimum Gasteiger partial charge on any atom is -0.353 e. The van der Waals surface area contributed by atoms with Gasteiger partial charge in [-0.15, -0.1) is 0 Å². The largest absolute Gasteiger partial charge is 0.353 e. The molecule has 0 radical (unpaired) electrons. The molecule has 1 atom stereocenters. The van der Waals surface area contributed by atoms with Crippen molar-refractivity contribution in [2.24, 2.45) is 5.41 Å². The molecule has 1 heterocycles. The topological polar surface area (TPSA) is 42.0 Å². The predicted molar refractivity (Wildman–Crippen MR) is 71.7 cm³/mol. The summed E-state index contributed by atoms with van der Waals surface area (Å²) < 4.78 is 0. The molecule has 0 aromatic carbocycles. The molecule has 3 heteroatoms. The molecule has 0 aliphatic carbocycles. The van der Waals surface area contributed by atoms with Crippen molar-refractivity contribution >= 4 is 5.91 Å². The maximum absolute atomic E-state index is 11.9. The highest BCUT2D eigenvalue weighted by atomic mass is 16.1. The summed E-state index contributed by atoms with van der Waals surface area (Å²) in [4.78, 5) is 15.9. The van der Waals surface area contributed by atoms with Crippen LogP contribution in [0.1, 0.15) is 41.1 Å². The molecule has 1 rings (SSSR count). The first-order valence-electron chi connectivity index (χ1n) is 6.11. The molecule has 0 unspecified atom stereocenters. The molecule has 1 amide bonds. The number of nitrogens with zero attached hydrogens (tertiary/aromatic N) is 1. The van der Waals surface area contributed by atoms with Gasteiger partial charge in [-0.05, 0) is 23.5 Å². The minimum absolute atomic E-state index is 0. The van der Waals surface area contributed by atoms with E-state index in [1.54, 1.807) is 12.4 Å². The van der Waals surface area contributed by atoms with E-state index in [2.05, 4.69) is 38.0 Å². The first kappa shape index (κ1) is 13.7. The van der Waals surface area contributed by atoms with Gasteiger partial charge in [-0.2, -0.15) is 0 Å². The zero-order chi connectivity index (χ0) is 12.9. The van der Waals surface area contributed by atoms with Gasteiger partial charge in [-0.3, -0.25) is 9.78 Å². The quantitative estimate of drug-likeness (QED) is 0.873. The molecule has 0 saturated carbocycles. The molecule has 0 fully saturated rings. The summed E-state index contributed by atoms with van der Waals surface area (Å²) in [6.45, 7) is 8.53. The average molecular weight is 236 g/mol. The van der Waals surface area contributed by atoms with Crippen LogP contribution < -0.4 is 5.32 Å². The predicted octanol–water partition coefficient (Wildman–Crippen LogP) is 2.81. The Labute approximate surface area is 105 Å². The van der Waals surface area contributed by atoms with E-state index in [0.717, 1.165) is 12.0 Å². The van der Waals surface area contributed by atoms with Crippen LogP contribution in [0.25, 0.3) is 0 Å². The number of amides is 1. The Hall–Kier alpha value is -1.38. The van der Waals surface area contributed by atoms with Crippen molar-refractivity contribution in [3.05, 3.63) is 30.1 Å². The highest BCUT2D eigenvalue weighted by Crippen LogP contribution is 2.21. The van der Waals surface area contributed by atoms with E-state index in [0.29, 0.717) is 6.42 Å². The Balaban J connectivity index is 0.00000289. The summed E-state index contributed by atoms with van der Waals surface area (Å²) in [6.07, 6.45) is 4.80. The molecule has 0 spiro atoms. The van der Waals surface area contributed by atoms with Crippen molar-refractivity contribution in [2.75, 3.05) is 0 Å². The lowest BCUT2D eigenvalue weighted by molar-refractivity contribution is -0.121. The zero-order valence-corrected chi connectivity index (χ0v) is 11.2.